The number of amides is 1. The summed E-state index contributed by atoms with van der Waals surface area (Å²) in [6.07, 6.45) is 3.08. The molecule has 1 aliphatic heterocycles. The van der Waals surface area contributed by atoms with Gasteiger partial charge in [0.1, 0.15) is 0 Å². The SMILES string of the molecule is Cc1[nH]nc2ncc(C(=O)N3CCC(C#N)CC3)cc12. The van der Waals surface area contributed by atoms with Gasteiger partial charge in [-0.3, -0.25) is 9.89 Å². The Morgan fingerprint density at radius 3 is 2.95 bits per heavy atom. The molecule has 1 N–H and O–H groups in total. The Morgan fingerprint density at radius 1 is 1.50 bits per heavy atom. The molecular weight excluding hydrogens is 254 g/mol. The van der Waals surface area contributed by atoms with Crippen LogP contribution in [0.2, 0.25) is 0 Å². The summed E-state index contributed by atoms with van der Waals surface area (Å²) < 4.78 is 0. The molecule has 3 heterocycles. The zero-order valence-corrected chi connectivity index (χ0v) is 11.3. The number of aryl methyl sites for hydroxylation is 1. The molecule has 3 rings (SSSR count). The lowest BCUT2D eigenvalue weighted by molar-refractivity contribution is 0.0707. The third kappa shape index (κ3) is 2.11. The van der Waals surface area contributed by atoms with Crippen molar-refractivity contribution in [3.63, 3.8) is 0 Å². The van der Waals surface area contributed by atoms with Gasteiger partial charge in [-0.1, -0.05) is 0 Å². The summed E-state index contributed by atoms with van der Waals surface area (Å²) in [6, 6.07) is 4.10. The molecule has 0 atom stereocenters. The lowest BCUT2D eigenvalue weighted by atomic mass is 9.98. The van der Waals surface area contributed by atoms with E-state index in [4.69, 9.17) is 5.26 Å². The van der Waals surface area contributed by atoms with Gasteiger partial charge in [0.2, 0.25) is 0 Å². The van der Waals surface area contributed by atoms with E-state index >= 15 is 0 Å². The monoisotopic (exact) mass is 269 g/mol. The van der Waals surface area contributed by atoms with E-state index in [9.17, 15) is 4.79 Å². The van der Waals surface area contributed by atoms with Gasteiger partial charge in [0.15, 0.2) is 5.65 Å². The molecule has 0 radical (unpaired) electrons. The number of likely N-dealkylation sites (tertiary alicyclic amines) is 1. The third-order valence-corrected chi connectivity index (χ3v) is 3.81. The smallest absolute Gasteiger partial charge is 0.255 e. The van der Waals surface area contributed by atoms with Crippen molar-refractivity contribution in [2.24, 2.45) is 5.92 Å². The van der Waals surface area contributed by atoms with Crippen LogP contribution in [0.25, 0.3) is 11.0 Å². The molecule has 0 bridgehead atoms. The molecule has 0 spiro atoms. The predicted octanol–water partition coefficient (Wildman–Crippen LogP) is 1.64. The van der Waals surface area contributed by atoms with Crippen molar-refractivity contribution < 1.29 is 4.79 Å². The number of fused-ring (bicyclic) bond motifs is 1. The van der Waals surface area contributed by atoms with Gasteiger partial charge in [-0.25, -0.2) is 4.98 Å². The maximum atomic E-state index is 12.4. The van der Waals surface area contributed by atoms with E-state index in [0.29, 0.717) is 24.3 Å². The van der Waals surface area contributed by atoms with E-state index < -0.39 is 0 Å². The molecule has 20 heavy (non-hydrogen) atoms. The minimum Gasteiger partial charge on any atom is -0.339 e. The summed E-state index contributed by atoms with van der Waals surface area (Å²) in [7, 11) is 0. The lowest BCUT2D eigenvalue weighted by Gasteiger charge is -2.29. The van der Waals surface area contributed by atoms with Crippen molar-refractivity contribution >= 4 is 16.9 Å². The topological polar surface area (TPSA) is 85.7 Å². The van der Waals surface area contributed by atoms with Crippen molar-refractivity contribution in [3.05, 3.63) is 23.5 Å². The van der Waals surface area contributed by atoms with Gasteiger partial charge in [0.05, 0.1) is 11.6 Å². The van der Waals surface area contributed by atoms with Crippen LogP contribution in [0.1, 0.15) is 28.9 Å². The summed E-state index contributed by atoms with van der Waals surface area (Å²) in [5.41, 5.74) is 2.12. The summed E-state index contributed by atoms with van der Waals surface area (Å²) in [4.78, 5) is 18.4. The first-order chi connectivity index (χ1) is 9.69. The second kappa shape index (κ2) is 4.93. The highest BCUT2D eigenvalue weighted by Gasteiger charge is 2.24. The quantitative estimate of drug-likeness (QED) is 0.852. The number of aromatic amines is 1. The fourth-order valence-corrected chi connectivity index (χ4v) is 2.53. The summed E-state index contributed by atoms with van der Waals surface area (Å²) >= 11 is 0. The van der Waals surface area contributed by atoms with Crippen molar-refractivity contribution in [2.45, 2.75) is 19.8 Å². The van der Waals surface area contributed by atoms with Crippen LogP contribution in [-0.4, -0.2) is 39.1 Å². The number of aromatic nitrogens is 3. The standard InChI is InChI=1S/C14H15N5O/c1-9-12-6-11(8-16-13(12)18-17-9)14(20)19-4-2-10(7-15)3-5-19/h6,8,10H,2-5H2,1H3,(H,16,17,18). The first-order valence-corrected chi connectivity index (χ1v) is 6.68. The number of H-pyrrole nitrogens is 1. The van der Waals surface area contributed by atoms with Gasteiger partial charge in [-0.15, -0.1) is 0 Å². The van der Waals surface area contributed by atoms with Gasteiger partial charge in [-0.05, 0) is 25.8 Å². The molecule has 0 aromatic carbocycles. The van der Waals surface area contributed by atoms with E-state index in [2.05, 4.69) is 21.3 Å². The number of nitrogens with zero attached hydrogens (tertiary/aromatic N) is 4. The van der Waals surface area contributed by atoms with E-state index in [-0.39, 0.29) is 11.8 Å². The summed E-state index contributed by atoms with van der Waals surface area (Å²) in [5, 5.41) is 16.7. The molecule has 1 saturated heterocycles. The molecule has 2 aromatic rings. The lowest BCUT2D eigenvalue weighted by Crippen LogP contribution is -2.38. The van der Waals surface area contributed by atoms with Crippen LogP contribution in [0.15, 0.2) is 12.3 Å². The second-order valence-corrected chi connectivity index (χ2v) is 5.14. The van der Waals surface area contributed by atoms with Crippen molar-refractivity contribution in [1.29, 1.82) is 5.26 Å². The van der Waals surface area contributed by atoms with Gasteiger partial charge < -0.3 is 4.90 Å². The highest BCUT2D eigenvalue weighted by atomic mass is 16.2. The fourth-order valence-electron chi connectivity index (χ4n) is 2.53. The molecule has 6 nitrogen and oxygen atoms in total. The zero-order chi connectivity index (χ0) is 14.1. The minimum atomic E-state index is -0.0172. The molecule has 0 unspecified atom stereocenters. The first-order valence-electron chi connectivity index (χ1n) is 6.68. The van der Waals surface area contributed by atoms with E-state index in [1.807, 2.05) is 13.0 Å². The Bertz CT molecular complexity index is 691. The number of nitriles is 1. The molecule has 1 aliphatic rings. The van der Waals surface area contributed by atoms with Crippen molar-refractivity contribution in [2.75, 3.05) is 13.1 Å². The van der Waals surface area contributed by atoms with Crippen LogP contribution in [0.3, 0.4) is 0 Å². The Kier molecular flexibility index (Phi) is 3.11. The fraction of sp³-hybridized carbons (Fsp3) is 0.429. The van der Waals surface area contributed by atoms with E-state index in [1.165, 1.54) is 0 Å². The highest BCUT2D eigenvalue weighted by molar-refractivity contribution is 5.97. The largest absolute Gasteiger partial charge is 0.339 e. The number of rotatable bonds is 1. The van der Waals surface area contributed by atoms with Crippen molar-refractivity contribution in [1.82, 2.24) is 20.1 Å². The Balaban J connectivity index is 1.82. The summed E-state index contributed by atoms with van der Waals surface area (Å²) in [5.74, 6) is 0.0622. The Morgan fingerprint density at radius 2 is 2.25 bits per heavy atom. The average molecular weight is 269 g/mol. The summed E-state index contributed by atoms with van der Waals surface area (Å²) in [6.45, 7) is 3.18. The molecule has 6 heteroatoms. The molecule has 1 amide bonds. The number of hydrogen-bond acceptors (Lipinski definition) is 4. The van der Waals surface area contributed by atoms with Crippen LogP contribution >= 0.6 is 0 Å². The Hall–Kier alpha value is -2.42. The van der Waals surface area contributed by atoms with E-state index in [0.717, 1.165) is 23.9 Å². The maximum absolute atomic E-state index is 12.4. The normalized spacial score (nSPS) is 16.3. The first kappa shape index (κ1) is 12.6. The van der Waals surface area contributed by atoms with Gasteiger partial charge >= 0.3 is 0 Å². The average Bonchev–Trinajstić information content (AvgIpc) is 2.87. The maximum Gasteiger partial charge on any atom is 0.255 e. The number of piperidine rings is 1. The van der Waals surface area contributed by atoms with Crippen LogP contribution < -0.4 is 0 Å². The Labute approximate surface area is 116 Å². The molecular formula is C14H15N5O. The molecule has 102 valence electrons. The number of carbonyl (C=O) groups excluding carboxylic acids is 1. The van der Waals surface area contributed by atoms with Gasteiger partial charge in [-0.2, -0.15) is 10.4 Å². The van der Waals surface area contributed by atoms with Crippen molar-refractivity contribution in [3.8, 4) is 6.07 Å². The number of carbonyl (C=O) groups is 1. The zero-order valence-electron chi connectivity index (χ0n) is 11.3. The van der Waals surface area contributed by atoms with Crippen LogP contribution in [0.5, 0.6) is 0 Å². The number of pyridine rings is 1. The molecule has 0 saturated carbocycles. The predicted molar refractivity (Wildman–Crippen MR) is 72.9 cm³/mol. The third-order valence-electron chi connectivity index (χ3n) is 3.81. The number of hydrogen-bond donors (Lipinski definition) is 1. The molecule has 0 aliphatic carbocycles. The van der Waals surface area contributed by atoms with Crippen LogP contribution in [0.4, 0.5) is 0 Å². The minimum absolute atomic E-state index is 0.0172. The second-order valence-electron chi connectivity index (χ2n) is 5.14. The van der Waals surface area contributed by atoms with Gasteiger partial charge in [0, 0.05) is 36.3 Å². The van der Waals surface area contributed by atoms with Crippen LogP contribution in [-0.2, 0) is 0 Å². The van der Waals surface area contributed by atoms with Gasteiger partial charge in [0.25, 0.3) is 5.91 Å². The molecule has 1 fully saturated rings. The van der Waals surface area contributed by atoms with Crippen LogP contribution in [0, 0.1) is 24.2 Å². The highest BCUT2D eigenvalue weighted by Crippen LogP contribution is 2.20. The molecule has 2 aromatic heterocycles. The van der Waals surface area contributed by atoms with E-state index in [1.54, 1.807) is 11.1 Å². The number of nitrogens with one attached hydrogen (secondary N) is 1.